The fourth-order valence-electron chi connectivity index (χ4n) is 3.08. The minimum Gasteiger partial charge on any atom is -0.348 e. The van der Waals surface area contributed by atoms with Crippen LogP contribution in [0.1, 0.15) is 26.3 Å². The predicted octanol–water partition coefficient (Wildman–Crippen LogP) is 4.42. The molecule has 0 aliphatic rings. The van der Waals surface area contributed by atoms with E-state index in [1.54, 1.807) is 30.5 Å². The monoisotopic (exact) mass is 381 g/mol. The molecule has 3 aromatic carbocycles. The van der Waals surface area contributed by atoms with Crippen molar-refractivity contribution in [3.8, 4) is 0 Å². The van der Waals surface area contributed by atoms with Crippen LogP contribution in [0.15, 0.2) is 91.1 Å². The van der Waals surface area contributed by atoms with E-state index in [1.165, 1.54) is 0 Å². The van der Waals surface area contributed by atoms with Gasteiger partial charge in [0.05, 0.1) is 11.2 Å². The average molecular weight is 381 g/mol. The SMILES string of the molecule is O=C(NCc1ccccc1)c1cccc(C(=O)Nc2cccc3cccnc23)c1. The molecule has 0 unspecified atom stereocenters. The molecule has 2 amide bonds. The number of carbonyl (C=O) groups is 2. The predicted molar refractivity (Wildman–Crippen MR) is 114 cm³/mol. The number of benzene rings is 3. The lowest BCUT2D eigenvalue weighted by Gasteiger charge is -2.09. The number of carbonyl (C=O) groups excluding carboxylic acids is 2. The average Bonchev–Trinajstić information content (AvgIpc) is 2.78. The summed E-state index contributed by atoms with van der Waals surface area (Å²) in [4.78, 5) is 29.6. The molecule has 1 aromatic heterocycles. The van der Waals surface area contributed by atoms with E-state index in [1.807, 2.05) is 60.7 Å². The first kappa shape index (κ1) is 18.4. The summed E-state index contributed by atoms with van der Waals surface area (Å²) in [6.45, 7) is 0.428. The smallest absolute Gasteiger partial charge is 0.255 e. The Morgan fingerprint density at radius 2 is 1.48 bits per heavy atom. The molecule has 0 fully saturated rings. The number of amides is 2. The van der Waals surface area contributed by atoms with Crippen LogP contribution in [0.3, 0.4) is 0 Å². The first-order valence-corrected chi connectivity index (χ1v) is 9.28. The molecule has 0 saturated heterocycles. The lowest BCUT2D eigenvalue weighted by Crippen LogP contribution is -2.23. The molecule has 0 aliphatic heterocycles. The number of para-hydroxylation sites is 1. The van der Waals surface area contributed by atoms with Gasteiger partial charge in [-0.1, -0.05) is 54.6 Å². The molecule has 29 heavy (non-hydrogen) atoms. The highest BCUT2D eigenvalue weighted by molar-refractivity contribution is 6.09. The second-order valence-corrected chi connectivity index (χ2v) is 6.58. The fraction of sp³-hybridized carbons (Fsp3) is 0.0417. The van der Waals surface area contributed by atoms with Gasteiger partial charge in [0.25, 0.3) is 11.8 Å². The van der Waals surface area contributed by atoms with Gasteiger partial charge in [-0.2, -0.15) is 0 Å². The van der Waals surface area contributed by atoms with Crippen molar-refractivity contribution in [3.05, 3.63) is 108 Å². The number of anilines is 1. The molecule has 0 aliphatic carbocycles. The Hall–Kier alpha value is -3.99. The summed E-state index contributed by atoms with van der Waals surface area (Å²) >= 11 is 0. The molecule has 0 radical (unpaired) electrons. The van der Waals surface area contributed by atoms with E-state index in [9.17, 15) is 9.59 Å². The number of pyridine rings is 1. The highest BCUT2D eigenvalue weighted by Gasteiger charge is 2.12. The van der Waals surface area contributed by atoms with Gasteiger partial charge in [-0.3, -0.25) is 14.6 Å². The van der Waals surface area contributed by atoms with Gasteiger partial charge in [0.15, 0.2) is 0 Å². The van der Waals surface area contributed by atoms with Crippen molar-refractivity contribution in [2.24, 2.45) is 0 Å². The highest BCUT2D eigenvalue weighted by atomic mass is 16.2. The zero-order valence-electron chi connectivity index (χ0n) is 15.6. The van der Waals surface area contributed by atoms with Gasteiger partial charge in [0.1, 0.15) is 0 Å². The number of nitrogens with one attached hydrogen (secondary N) is 2. The van der Waals surface area contributed by atoms with Gasteiger partial charge in [0, 0.05) is 29.3 Å². The Bertz CT molecular complexity index is 1170. The minimum atomic E-state index is -0.291. The Morgan fingerprint density at radius 3 is 2.31 bits per heavy atom. The standard InChI is InChI=1S/C24H19N3O2/c28-23(26-16-17-7-2-1-3-8-17)19-10-4-11-20(15-19)24(29)27-21-13-5-9-18-12-6-14-25-22(18)21/h1-15H,16H2,(H,26,28)(H,27,29). The molecule has 4 rings (SSSR count). The minimum absolute atomic E-state index is 0.227. The fourth-order valence-corrected chi connectivity index (χ4v) is 3.08. The van der Waals surface area contributed by atoms with Gasteiger partial charge in [-0.25, -0.2) is 0 Å². The molecule has 5 heteroatoms. The van der Waals surface area contributed by atoms with Crippen molar-refractivity contribution in [1.29, 1.82) is 0 Å². The van der Waals surface area contributed by atoms with Crippen molar-refractivity contribution in [2.45, 2.75) is 6.54 Å². The number of nitrogens with zero attached hydrogens (tertiary/aromatic N) is 1. The Labute approximate surface area is 168 Å². The van der Waals surface area contributed by atoms with E-state index in [4.69, 9.17) is 0 Å². The Balaban J connectivity index is 1.49. The maximum Gasteiger partial charge on any atom is 0.255 e. The van der Waals surface area contributed by atoms with Gasteiger partial charge < -0.3 is 10.6 Å². The number of rotatable bonds is 5. The van der Waals surface area contributed by atoms with Crippen molar-refractivity contribution in [2.75, 3.05) is 5.32 Å². The lowest BCUT2D eigenvalue weighted by atomic mass is 10.1. The van der Waals surface area contributed by atoms with Crippen LogP contribution in [0.2, 0.25) is 0 Å². The maximum atomic E-state index is 12.7. The van der Waals surface area contributed by atoms with E-state index < -0.39 is 0 Å². The van der Waals surface area contributed by atoms with Crippen molar-refractivity contribution in [1.82, 2.24) is 10.3 Å². The largest absolute Gasteiger partial charge is 0.348 e. The molecule has 0 atom stereocenters. The number of hydrogen-bond acceptors (Lipinski definition) is 3. The summed E-state index contributed by atoms with van der Waals surface area (Å²) in [5.41, 5.74) is 3.21. The number of aromatic nitrogens is 1. The third kappa shape index (κ3) is 4.30. The zero-order valence-corrected chi connectivity index (χ0v) is 15.6. The summed E-state index contributed by atoms with van der Waals surface area (Å²) in [5, 5.41) is 6.71. The second-order valence-electron chi connectivity index (χ2n) is 6.58. The van der Waals surface area contributed by atoms with Crippen LogP contribution in [-0.2, 0) is 6.54 Å². The first-order chi connectivity index (χ1) is 14.2. The molecule has 0 spiro atoms. The maximum absolute atomic E-state index is 12.7. The topological polar surface area (TPSA) is 71.1 Å². The third-order valence-electron chi connectivity index (χ3n) is 4.56. The molecule has 1 heterocycles. The summed E-state index contributed by atoms with van der Waals surface area (Å²) in [7, 11) is 0. The molecule has 2 N–H and O–H groups in total. The third-order valence-corrected chi connectivity index (χ3v) is 4.56. The molecule has 4 aromatic rings. The molecule has 5 nitrogen and oxygen atoms in total. The lowest BCUT2D eigenvalue weighted by molar-refractivity contribution is 0.0951. The van der Waals surface area contributed by atoms with Crippen LogP contribution >= 0.6 is 0 Å². The van der Waals surface area contributed by atoms with Crippen LogP contribution in [0.4, 0.5) is 5.69 Å². The Morgan fingerprint density at radius 1 is 0.759 bits per heavy atom. The van der Waals surface area contributed by atoms with E-state index in [2.05, 4.69) is 15.6 Å². The molecular formula is C24H19N3O2. The van der Waals surface area contributed by atoms with Gasteiger partial charge in [-0.15, -0.1) is 0 Å². The number of hydrogen-bond donors (Lipinski definition) is 2. The highest BCUT2D eigenvalue weighted by Crippen LogP contribution is 2.21. The van der Waals surface area contributed by atoms with Gasteiger partial charge in [-0.05, 0) is 35.9 Å². The van der Waals surface area contributed by atoms with Crippen LogP contribution < -0.4 is 10.6 Å². The van der Waals surface area contributed by atoms with Gasteiger partial charge >= 0.3 is 0 Å². The molecule has 0 bridgehead atoms. The van der Waals surface area contributed by atoms with Crippen molar-refractivity contribution >= 4 is 28.4 Å². The second kappa shape index (κ2) is 8.35. The molecule has 142 valence electrons. The van der Waals surface area contributed by atoms with Crippen molar-refractivity contribution in [3.63, 3.8) is 0 Å². The van der Waals surface area contributed by atoms with Crippen LogP contribution in [0, 0.1) is 0 Å². The first-order valence-electron chi connectivity index (χ1n) is 9.28. The van der Waals surface area contributed by atoms with E-state index in [-0.39, 0.29) is 11.8 Å². The van der Waals surface area contributed by atoms with Crippen LogP contribution in [-0.4, -0.2) is 16.8 Å². The molecular weight excluding hydrogens is 362 g/mol. The van der Waals surface area contributed by atoms with E-state index >= 15 is 0 Å². The summed E-state index contributed by atoms with van der Waals surface area (Å²) < 4.78 is 0. The van der Waals surface area contributed by atoms with E-state index in [0.717, 1.165) is 16.5 Å². The normalized spacial score (nSPS) is 10.5. The van der Waals surface area contributed by atoms with Gasteiger partial charge in [0.2, 0.25) is 0 Å². The summed E-state index contributed by atoms with van der Waals surface area (Å²) in [6, 6.07) is 25.8. The van der Waals surface area contributed by atoms with E-state index in [0.29, 0.717) is 23.4 Å². The zero-order chi connectivity index (χ0) is 20.1. The quantitative estimate of drug-likeness (QED) is 0.538. The number of fused-ring (bicyclic) bond motifs is 1. The Kier molecular flexibility index (Phi) is 5.29. The summed E-state index contributed by atoms with van der Waals surface area (Å²) in [5.74, 6) is -0.517. The molecule has 0 saturated carbocycles. The van der Waals surface area contributed by atoms with Crippen LogP contribution in [0.5, 0.6) is 0 Å². The van der Waals surface area contributed by atoms with Crippen molar-refractivity contribution < 1.29 is 9.59 Å². The van der Waals surface area contributed by atoms with Crippen LogP contribution in [0.25, 0.3) is 10.9 Å². The summed E-state index contributed by atoms with van der Waals surface area (Å²) in [6.07, 6.45) is 1.69.